The largest absolute Gasteiger partial charge is 0.481 e. The van der Waals surface area contributed by atoms with Crippen LogP contribution >= 0.6 is 11.8 Å². The van der Waals surface area contributed by atoms with E-state index in [1.807, 2.05) is 0 Å². The monoisotopic (exact) mass is 244 g/mol. The molecule has 0 saturated carbocycles. The molecule has 2 rings (SSSR count). The summed E-state index contributed by atoms with van der Waals surface area (Å²) < 4.78 is 10.7. The van der Waals surface area contributed by atoms with Crippen LogP contribution in [0.15, 0.2) is 9.64 Å². The van der Waals surface area contributed by atoms with Gasteiger partial charge in [0.1, 0.15) is 5.75 Å². The van der Waals surface area contributed by atoms with Crippen LogP contribution in [0.4, 0.5) is 0 Å². The molecule has 0 radical (unpaired) electrons. The van der Waals surface area contributed by atoms with Gasteiger partial charge in [-0.15, -0.1) is 10.2 Å². The predicted octanol–water partition coefficient (Wildman–Crippen LogP) is 1.14. The highest BCUT2D eigenvalue weighted by Crippen LogP contribution is 2.26. The SMILES string of the molecule is O=C(O)CSc1nnc(C2CCCOC2)o1. The standard InChI is InChI=1S/C9H12N2O4S/c12-7(13)5-16-9-11-10-8(15-9)6-2-1-3-14-4-6/h6H,1-5H2,(H,12,13). The molecule has 6 nitrogen and oxygen atoms in total. The topological polar surface area (TPSA) is 85.5 Å². The van der Waals surface area contributed by atoms with Crippen molar-refractivity contribution in [3.8, 4) is 0 Å². The van der Waals surface area contributed by atoms with E-state index in [1.54, 1.807) is 0 Å². The van der Waals surface area contributed by atoms with Crippen LogP contribution in [0.5, 0.6) is 0 Å². The fraction of sp³-hybridized carbons (Fsp3) is 0.667. The zero-order valence-electron chi connectivity index (χ0n) is 8.59. The molecular formula is C9H12N2O4S. The predicted molar refractivity (Wildman–Crippen MR) is 55.5 cm³/mol. The molecule has 1 aromatic rings. The average Bonchev–Trinajstić information content (AvgIpc) is 2.76. The molecule has 1 atom stereocenters. The average molecular weight is 244 g/mol. The second-order valence-electron chi connectivity index (χ2n) is 3.50. The molecule has 1 aliphatic rings. The Hall–Kier alpha value is -1.08. The van der Waals surface area contributed by atoms with Gasteiger partial charge in [-0.3, -0.25) is 4.79 Å². The second kappa shape index (κ2) is 5.31. The van der Waals surface area contributed by atoms with E-state index >= 15 is 0 Å². The molecule has 1 fully saturated rings. The maximum atomic E-state index is 10.4. The minimum Gasteiger partial charge on any atom is -0.481 e. The van der Waals surface area contributed by atoms with E-state index in [4.69, 9.17) is 14.3 Å². The van der Waals surface area contributed by atoms with E-state index in [2.05, 4.69) is 10.2 Å². The molecule has 1 unspecified atom stereocenters. The van der Waals surface area contributed by atoms with Crippen LogP contribution in [0.2, 0.25) is 0 Å². The maximum Gasteiger partial charge on any atom is 0.314 e. The fourth-order valence-electron chi connectivity index (χ4n) is 1.50. The molecule has 0 spiro atoms. The third kappa shape index (κ3) is 2.96. The highest BCUT2D eigenvalue weighted by atomic mass is 32.2. The van der Waals surface area contributed by atoms with Gasteiger partial charge in [0.2, 0.25) is 5.89 Å². The molecule has 1 aromatic heterocycles. The summed E-state index contributed by atoms with van der Waals surface area (Å²) >= 11 is 1.03. The zero-order valence-corrected chi connectivity index (χ0v) is 9.40. The summed E-state index contributed by atoms with van der Waals surface area (Å²) in [6.07, 6.45) is 1.97. The minimum atomic E-state index is -0.897. The summed E-state index contributed by atoms with van der Waals surface area (Å²) in [5, 5.41) is 16.5. The zero-order chi connectivity index (χ0) is 11.4. The van der Waals surface area contributed by atoms with Crippen LogP contribution in [-0.4, -0.2) is 40.2 Å². The van der Waals surface area contributed by atoms with Crippen molar-refractivity contribution in [3.05, 3.63) is 5.89 Å². The van der Waals surface area contributed by atoms with Gasteiger partial charge in [0.05, 0.1) is 12.5 Å². The van der Waals surface area contributed by atoms with Gasteiger partial charge in [-0.1, -0.05) is 11.8 Å². The molecule has 16 heavy (non-hydrogen) atoms. The third-order valence-corrected chi connectivity index (χ3v) is 3.05. The second-order valence-corrected chi connectivity index (χ2v) is 4.43. The Balaban J connectivity index is 1.93. The molecule has 1 aliphatic heterocycles. The highest BCUT2D eigenvalue weighted by Gasteiger charge is 2.22. The number of hydrogen-bond donors (Lipinski definition) is 1. The van der Waals surface area contributed by atoms with Gasteiger partial charge in [-0.25, -0.2) is 0 Å². The van der Waals surface area contributed by atoms with Crippen LogP contribution in [0.1, 0.15) is 24.7 Å². The molecule has 1 N–H and O–H groups in total. The summed E-state index contributed by atoms with van der Waals surface area (Å²) in [6.45, 7) is 1.39. The van der Waals surface area contributed by atoms with E-state index in [9.17, 15) is 4.79 Å². The molecule has 1 saturated heterocycles. The van der Waals surface area contributed by atoms with Crippen LogP contribution in [0, 0.1) is 0 Å². The van der Waals surface area contributed by atoms with E-state index in [0.29, 0.717) is 17.7 Å². The van der Waals surface area contributed by atoms with E-state index in [0.717, 1.165) is 31.2 Å². The summed E-state index contributed by atoms with van der Waals surface area (Å²) in [5.74, 6) is -0.262. The van der Waals surface area contributed by atoms with Crippen LogP contribution < -0.4 is 0 Å². The number of aliphatic carboxylic acids is 1. The normalized spacial score (nSPS) is 20.9. The first-order valence-electron chi connectivity index (χ1n) is 5.01. The Kier molecular flexibility index (Phi) is 3.79. The Morgan fingerprint density at radius 3 is 3.12 bits per heavy atom. The van der Waals surface area contributed by atoms with Crippen molar-refractivity contribution < 1.29 is 19.1 Å². The molecule has 0 aromatic carbocycles. The summed E-state index contributed by atoms with van der Waals surface area (Å²) in [5.41, 5.74) is 0. The number of rotatable bonds is 4. The van der Waals surface area contributed by atoms with Crippen molar-refractivity contribution in [2.24, 2.45) is 0 Å². The fourth-order valence-corrected chi connectivity index (χ4v) is 1.99. The Morgan fingerprint density at radius 1 is 1.56 bits per heavy atom. The lowest BCUT2D eigenvalue weighted by Crippen LogP contribution is -2.15. The number of carboxylic acid groups (broad SMARTS) is 1. The summed E-state index contributed by atoms with van der Waals surface area (Å²) in [6, 6.07) is 0. The number of nitrogens with zero attached hydrogens (tertiary/aromatic N) is 2. The van der Waals surface area contributed by atoms with Crippen molar-refractivity contribution in [2.75, 3.05) is 19.0 Å². The first-order chi connectivity index (χ1) is 7.75. The number of carbonyl (C=O) groups is 1. The molecule has 2 heterocycles. The number of aromatic nitrogens is 2. The number of hydrogen-bond acceptors (Lipinski definition) is 6. The van der Waals surface area contributed by atoms with Gasteiger partial charge in [0.25, 0.3) is 5.22 Å². The lowest BCUT2D eigenvalue weighted by molar-refractivity contribution is -0.133. The van der Waals surface area contributed by atoms with Crippen LogP contribution in [0.25, 0.3) is 0 Å². The quantitative estimate of drug-likeness (QED) is 0.795. The summed E-state index contributed by atoms with van der Waals surface area (Å²) in [4.78, 5) is 10.4. The maximum absolute atomic E-state index is 10.4. The molecule has 0 bridgehead atoms. The van der Waals surface area contributed by atoms with Crippen molar-refractivity contribution >= 4 is 17.7 Å². The molecular weight excluding hydrogens is 232 g/mol. The molecule has 0 aliphatic carbocycles. The van der Waals surface area contributed by atoms with Gasteiger partial charge in [0.15, 0.2) is 0 Å². The lowest BCUT2D eigenvalue weighted by Gasteiger charge is -2.18. The lowest BCUT2D eigenvalue weighted by atomic mass is 10.0. The number of thioether (sulfide) groups is 1. The number of carboxylic acids is 1. The van der Waals surface area contributed by atoms with Crippen LogP contribution in [-0.2, 0) is 9.53 Å². The van der Waals surface area contributed by atoms with Crippen LogP contribution in [0.3, 0.4) is 0 Å². The molecule has 0 amide bonds. The van der Waals surface area contributed by atoms with Crippen molar-refractivity contribution in [2.45, 2.75) is 24.0 Å². The third-order valence-electron chi connectivity index (χ3n) is 2.25. The minimum absolute atomic E-state index is 0.0667. The van der Waals surface area contributed by atoms with E-state index < -0.39 is 5.97 Å². The van der Waals surface area contributed by atoms with Crippen molar-refractivity contribution in [3.63, 3.8) is 0 Å². The number of ether oxygens (including phenoxy) is 1. The first kappa shape index (κ1) is 11.4. The van der Waals surface area contributed by atoms with Gasteiger partial charge < -0.3 is 14.3 Å². The highest BCUT2D eigenvalue weighted by molar-refractivity contribution is 7.99. The van der Waals surface area contributed by atoms with Crippen molar-refractivity contribution in [1.82, 2.24) is 10.2 Å². The molecule has 88 valence electrons. The Morgan fingerprint density at radius 2 is 2.44 bits per heavy atom. The molecule has 7 heteroatoms. The van der Waals surface area contributed by atoms with Gasteiger partial charge in [0, 0.05) is 6.61 Å². The smallest absolute Gasteiger partial charge is 0.314 e. The van der Waals surface area contributed by atoms with Crippen molar-refractivity contribution in [1.29, 1.82) is 0 Å². The summed E-state index contributed by atoms with van der Waals surface area (Å²) in [7, 11) is 0. The van der Waals surface area contributed by atoms with Gasteiger partial charge >= 0.3 is 5.97 Å². The van der Waals surface area contributed by atoms with E-state index in [1.165, 1.54) is 0 Å². The Labute approximate surface area is 96.4 Å². The van der Waals surface area contributed by atoms with Gasteiger partial charge in [-0.05, 0) is 12.8 Å². The van der Waals surface area contributed by atoms with Gasteiger partial charge in [-0.2, -0.15) is 0 Å². The first-order valence-corrected chi connectivity index (χ1v) is 6.00. The van der Waals surface area contributed by atoms with E-state index in [-0.39, 0.29) is 11.7 Å². The Bertz CT molecular complexity index is 362.